The number of carbonyl (C=O) groups is 1. The Morgan fingerprint density at radius 1 is 0.871 bits per heavy atom. The van der Waals surface area contributed by atoms with Gasteiger partial charge >= 0.3 is 5.97 Å². The summed E-state index contributed by atoms with van der Waals surface area (Å²) >= 11 is 0. The van der Waals surface area contributed by atoms with Crippen LogP contribution in [0.4, 0.5) is 0 Å². The van der Waals surface area contributed by atoms with Crippen molar-refractivity contribution in [3.63, 3.8) is 0 Å². The van der Waals surface area contributed by atoms with Crippen LogP contribution in [0.15, 0.2) is 97.1 Å². The topological polar surface area (TPSA) is 46.5 Å². The quantitative estimate of drug-likeness (QED) is 0.467. The van der Waals surface area contributed by atoms with Gasteiger partial charge in [0.05, 0.1) is 0 Å². The Hall–Kier alpha value is -3.43. The first-order chi connectivity index (χ1) is 15.0. The zero-order valence-electron chi connectivity index (χ0n) is 17.4. The molecular weight excluding hydrogens is 384 g/mol. The number of fused-ring (bicyclic) bond motifs is 2. The van der Waals surface area contributed by atoms with E-state index in [2.05, 4.69) is 0 Å². The highest BCUT2D eigenvalue weighted by Crippen LogP contribution is 2.52. The molecule has 0 heterocycles. The predicted molar refractivity (Wildman–Crippen MR) is 122 cm³/mol. The van der Waals surface area contributed by atoms with Gasteiger partial charge in [-0.2, -0.15) is 0 Å². The zero-order valence-corrected chi connectivity index (χ0v) is 17.4. The molecule has 2 atom stereocenters. The van der Waals surface area contributed by atoms with Crippen molar-refractivity contribution >= 4 is 16.7 Å². The lowest BCUT2D eigenvalue weighted by molar-refractivity contribution is -0.163. The first-order valence-corrected chi connectivity index (χ1v) is 10.5. The number of esters is 1. The third-order valence-corrected chi connectivity index (χ3v) is 6.68. The standard InChI is InChI=1S/C28H24O3/c1-27(26(29)31-19-20-9-3-2-4-10-20)25-14-8-7-13-23(25)18-28(27,30)24-16-15-21-11-5-6-12-22(21)17-24/h2-17,30H,18-19H2,1H3/t27-,28+/m0/s1. The molecule has 154 valence electrons. The van der Waals surface area contributed by atoms with E-state index < -0.39 is 17.0 Å². The van der Waals surface area contributed by atoms with E-state index in [4.69, 9.17) is 4.74 Å². The summed E-state index contributed by atoms with van der Waals surface area (Å²) < 4.78 is 5.78. The normalized spacial score (nSPS) is 22.3. The second kappa shape index (κ2) is 7.36. The molecule has 1 aliphatic carbocycles. The summed E-state index contributed by atoms with van der Waals surface area (Å²) in [6, 6.07) is 31.3. The first-order valence-electron chi connectivity index (χ1n) is 10.5. The largest absolute Gasteiger partial charge is 0.460 e. The van der Waals surface area contributed by atoms with Crippen LogP contribution < -0.4 is 0 Å². The molecule has 0 saturated carbocycles. The number of hydrogen-bond donors (Lipinski definition) is 1. The lowest BCUT2D eigenvalue weighted by Gasteiger charge is -2.38. The monoisotopic (exact) mass is 408 g/mol. The van der Waals surface area contributed by atoms with E-state index in [-0.39, 0.29) is 6.61 Å². The SMILES string of the molecule is C[C@@]1(C(=O)OCc2ccccc2)c2ccccc2C[C@@]1(O)c1ccc2ccccc2c1. The van der Waals surface area contributed by atoms with E-state index in [9.17, 15) is 9.90 Å². The summed E-state index contributed by atoms with van der Waals surface area (Å²) in [7, 11) is 0. The van der Waals surface area contributed by atoms with Crippen LogP contribution in [0.3, 0.4) is 0 Å². The van der Waals surface area contributed by atoms with Crippen molar-refractivity contribution in [1.82, 2.24) is 0 Å². The third-order valence-electron chi connectivity index (χ3n) is 6.68. The molecule has 3 heteroatoms. The van der Waals surface area contributed by atoms with Crippen molar-refractivity contribution in [2.45, 2.75) is 31.0 Å². The lowest BCUT2D eigenvalue weighted by atomic mass is 9.69. The molecule has 4 aromatic carbocycles. The number of hydrogen-bond acceptors (Lipinski definition) is 3. The van der Waals surface area contributed by atoms with Crippen LogP contribution in [0, 0.1) is 0 Å². The summed E-state index contributed by atoms with van der Waals surface area (Å²) in [6.45, 7) is 1.98. The Bertz CT molecular complexity index is 1260. The lowest BCUT2D eigenvalue weighted by Crippen LogP contribution is -2.50. The second-order valence-corrected chi connectivity index (χ2v) is 8.44. The van der Waals surface area contributed by atoms with Gasteiger partial charge < -0.3 is 9.84 Å². The van der Waals surface area contributed by atoms with Crippen LogP contribution in [0.2, 0.25) is 0 Å². The molecule has 3 nitrogen and oxygen atoms in total. The number of rotatable bonds is 4. The van der Waals surface area contributed by atoms with Gasteiger partial charge in [-0.1, -0.05) is 91.0 Å². The summed E-state index contributed by atoms with van der Waals surface area (Å²) in [5.74, 6) is -0.419. The highest BCUT2D eigenvalue weighted by molar-refractivity contribution is 5.88. The minimum absolute atomic E-state index is 0.172. The fourth-order valence-electron chi connectivity index (χ4n) is 4.82. The highest BCUT2D eigenvalue weighted by atomic mass is 16.5. The molecule has 0 aromatic heterocycles. The van der Waals surface area contributed by atoms with Gasteiger partial charge in [0.15, 0.2) is 0 Å². The zero-order chi connectivity index (χ0) is 21.5. The van der Waals surface area contributed by atoms with Crippen LogP contribution >= 0.6 is 0 Å². The highest BCUT2D eigenvalue weighted by Gasteiger charge is 2.60. The van der Waals surface area contributed by atoms with Crippen molar-refractivity contribution in [3.05, 3.63) is 119 Å². The Balaban J connectivity index is 1.59. The number of aliphatic hydroxyl groups is 1. The van der Waals surface area contributed by atoms with Gasteiger partial charge in [0.25, 0.3) is 0 Å². The van der Waals surface area contributed by atoms with Crippen molar-refractivity contribution in [3.8, 4) is 0 Å². The van der Waals surface area contributed by atoms with Crippen molar-refractivity contribution in [2.24, 2.45) is 0 Å². The Labute approximate surface area is 181 Å². The first kappa shape index (κ1) is 19.5. The van der Waals surface area contributed by atoms with Crippen molar-refractivity contribution in [2.75, 3.05) is 0 Å². The van der Waals surface area contributed by atoms with Crippen LogP contribution in [0.25, 0.3) is 10.8 Å². The van der Waals surface area contributed by atoms with E-state index in [1.807, 2.05) is 97.1 Å². The molecular formula is C28H24O3. The Morgan fingerprint density at radius 3 is 2.35 bits per heavy atom. The van der Waals surface area contributed by atoms with Gasteiger partial charge in [-0.15, -0.1) is 0 Å². The average Bonchev–Trinajstić information content (AvgIpc) is 3.06. The molecule has 0 spiro atoms. The van der Waals surface area contributed by atoms with Gasteiger partial charge in [-0.25, -0.2) is 0 Å². The minimum atomic E-state index is -1.41. The molecule has 0 radical (unpaired) electrons. The number of benzene rings is 4. The summed E-state index contributed by atoms with van der Waals surface area (Å²) in [5.41, 5.74) is 0.803. The molecule has 0 unspecified atom stereocenters. The Morgan fingerprint density at radius 2 is 1.55 bits per heavy atom. The molecule has 1 N–H and O–H groups in total. The fourth-order valence-corrected chi connectivity index (χ4v) is 4.82. The minimum Gasteiger partial charge on any atom is -0.460 e. The molecule has 0 saturated heterocycles. The molecule has 0 aliphatic heterocycles. The fraction of sp³-hybridized carbons (Fsp3) is 0.179. The molecule has 5 rings (SSSR count). The summed E-state index contributed by atoms with van der Waals surface area (Å²) in [5, 5.41) is 14.3. The molecule has 0 fully saturated rings. The van der Waals surface area contributed by atoms with Crippen molar-refractivity contribution < 1.29 is 14.6 Å². The van der Waals surface area contributed by atoms with Gasteiger partial charge in [0.1, 0.15) is 17.6 Å². The number of carbonyl (C=O) groups excluding carboxylic acids is 1. The van der Waals surface area contributed by atoms with Crippen LogP contribution in [0.1, 0.15) is 29.2 Å². The molecule has 0 amide bonds. The maximum absolute atomic E-state index is 13.6. The van der Waals surface area contributed by atoms with Crippen LogP contribution in [-0.2, 0) is 33.6 Å². The molecule has 4 aromatic rings. The Kier molecular flexibility index (Phi) is 4.64. The van der Waals surface area contributed by atoms with E-state index in [1.54, 1.807) is 6.92 Å². The smallest absolute Gasteiger partial charge is 0.319 e. The summed E-state index contributed by atoms with van der Waals surface area (Å²) in [4.78, 5) is 13.6. The van der Waals surface area contributed by atoms with E-state index >= 15 is 0 Å². The molecule has 31 heavy (non-hydrogen) atoms. The summed E-state index contributed by atoms with van der Waals surface area (Å²) in [6.07, 6.45) is 0.360. The van der Waals surface area contributed by atoms with Gasteiger partial charge in [0, 0.05) is 6.42 Å². The van der Waals surface area contributed by atoms with Gasteiger partial charge in [0.2, 0.25) is 0 Å². The van der Waals surface area contributed by atoms with Crippen LogP contribution in [0.5, 0.6) is 0 Å². The number of ether oxygens (including phenoxy) is 1. The van der Waals surface area contributed by atoms with E-state index in [0.29, 0.717) is 6.42 Å². The molecule has 0 bridgehead atoms. The van der Waals surface area contributed by atoms with Crippen LogP contribution in [-0.4, -0.2) is 11.1 Å². The van der Waals surface area contributed by atoms with Gasteiger partial charge in [-0.3, -0.25) is 4.79 Å². The second-order valence-electron chi connectivity index (χ2n) is 8.44. The van der Waals surface area contributed by atoms with E-state index in [1.165, 1.54) is 0 Å². The third kappa shape index (κ3) is 3.05. The maximum Gasteiger partial charge on any atom is 0.319 e. The van der Waals surface area contributed by atoms with Gasteiger partial charge in [-0.05, 0) is 46.0 Å². The van der Waals surface area contributed by atoms with Crippen molar-refractivity contribution in [1.29, 1.82) is 0 Å². The molecule has 1 aliphatic rings. The average molecular weight is 408 g/mol. The predicted octanol–water partition coefficient (Wildman–Crippen LogP) is 5.28. The maximum atomic E-state index is 13.6. The van der Waals surface area contributed by atoms with E-state index in [0.717, 1.165) is 33.0 Å².